The van der Waals surface area contributed by atoms with Crippen molar-refractivity contribution < 1.29 is 0 Å². The summed E-state index contributed by atoms with van der Waals surface area (Å²) in [6.45, 7) is 2.00. The molecule has 1 heterocycles. The number of thiophene rings is 1. The third-order valence-electron chi connectivity index (χ3n) is 2.55. The summed E-state index contributed by atoms with van der Waals surface area (Å²) in [5, 5.41) is 4.82. The van der Waals surface area contributed by atoms with Gasteiger partial charge in [0.25, 0.3) is 0 Å². The van der Waals surface area contributed by atoms with E-state index in [1.165, 1.54) is 0 Å². The van der Waals surface area contributed by atoms with Crippen LogP contribution in [0.3, 0.4) is 0 Å². The van der Waals surface area contributed by atoms with Crippen LogP contribution in [0.25, 0.3) is 0 Å². The van der Waals surface area contributed by atoms with Crippen LogP contribution < -0.4 is 5.73 Å². The van der Waals surface area contributed by atoms with E-state index in [9.17, 15) is 0 Å². The summed E-state index contributed by atoms with van der Waals surface area (Å²) >= 11 is 7.61. The quantitative estimate of drug-likeness (QED) is 0.848. The molecule has 0 saturated carbocycles. The van der Waals surface area contributed by atoms with Crippen LogP contribution in [-0.4, -0.2) is 0 Å². The lowest BCUT2D eigenvalue weighted by Gasteiger charge is -2.24. The maximum Gasteiger partial charge on any atom is 0.0645 e. The Morgan fingerprint density at radius 1 is 1.27 bits per heavy atom. The summed E-state index contributed by atoms with van der Waals surface area (Å²) in [6, 6.07) is 9.75. The molecule has 0 radical (unpaired) electrons. The second-order valence-corrected chi connectivity index (χ2v) is 4.94. The van der Waals surface area contributed by atoms with Crippen molar-refractivity contribution in [2.75, 3.05) is 0 Å². The van der Waals surface area contributed by atoms with Crippen molar-refractivity contribution in [1.29, 1.82) is 0 Å². The third-order valence-corrected chi connectivity index (χ3v) is 3.46. The summed E-state index contributed by atoms with van der Waals surface area (Å²) in [6.07, 6.45) is 0. The predicted octanol–water partition coefficient (Wildman–Crippen LogP) is 3.62. The Bertz CT molecular complexity index is 448. The van der Waals surface area contributed by atoms with Crippen molar-refractivity contribution in [3.63, 3.8) is 0 Å². The van der Waals surface area contributed by atoms with E-state index in [0.717, 1.165) is 16.1 Å². The van der Waals surface area contributed by atoms with Gasteiger partial charge >= 0.3 is 0 Å². The van der Waals surface area contributed by atoms with Gasteiger partial charge in [0.1, 0.15) is 0 Å². The molecule has 0 aliphatic carbocycles. The first-order valence-electron chi connectivity index (χ1n) is 4.68. The molecule has 2 rings (SSSR count). The first-order chi connectivity index (χ1) is 7.10. The van der Waals surface area contributed by atoms with Gasteiger partial charge in [0.15, 0.2) is 0 Å². The summed E-state index contributed by atoms with van der Waals surface area (Å²) in [5.74, 6) is 0. The smallest absolute Gasteiger partial charge is 0.0645 e. The molecule has 0 fully saturated rings. The Morgan fingerprint density at radius 3 is 2.67 bits per heavy atom. The molecule has 15 heavy (non-hydrogen) atoms. The molecule has 0 saturated heterocycles. The van der Waals surface area contributed by atoms with Crippen molar-refractivity contribution in [2.24, 2.45) is 5.73 Å². The van der Waals surface area contributed by atoms with Gasteiger partial charge in [0, 0.05) is 5.02 Å². The number of benzene rings is 1. The Hall–Kier alpha value is -0.830. The lowest BCUT2D eigenvalue weighted by Crippen LogP contribution is -2.33. The van der Waals surface area contributed by atoms with Gasteiger partial charge in [-0.1, -0.05) is 23.7 Å². The Morgan fingerprint density at radius 2 is 2.07 bits per heavy atom. The standard InChI is InChI=1S/C12H12ClNS/c1-12(14,10-5-6-15-8-10)9-3-2-4-11(13)7-9/h2-8H,14H2,1H3. The molecule has 0 amide bonds. The van der Waals surface area contributed by atoms with Gasteiger partial charge in [-0.15, -0.1) is 0 Å². The maximum absolute atomic E-state index is 6.32. The van der Waals surface area contributed by atoms with E-state index in [0.29, 0.717) is 0 Å². The van der Waals surface area contributed by atoms with Gasteiger partial charge in [0.05, 0.1) is 5.54 Å². The van der Waals surface area contributed by atoms with Crippen LogP contribution in [0.4, 0.5) is 0 Å². The zero-order chi connectivity index (χ0) is 10.9. The van der Waals surface area contributed by atoms with Crippen molar-refractivity contribution in [2.45, 2.75) is 12.5 Å². The number of rotatable bonds is 2. The fourth-order valence-corrected chi connectivity index (χ4v) is 2.50. The average molecular weight is 238 g/mol. The SMILES string of the molecule is CC(N)(c1ccsc1)c1cccc(Cl)c1. The van der Waals surface area contributed by atoms with Crippen LogP contribution in [0, 0.1) is 0 Å². The lowest BCUT2D eigenvalue weighted by atomic mass is 9.88. The third kappa shape index (κ3) is 2.07. The molecule has 0 bridgehead atoms. The summed E-state index contributed by atoms with van der Waals surface area (Å²) in [5.41, 5.74) is 8.01. The minimum atomic E-state index is -0.467. The van der Waals surface area contributed by atoms with Crippen LogP contribution in [-0.2, 0) is 5.54 Å². The molecular formula is C12H12ClNS. The van der Waals surface area contributed by atoms with Crippen molar-refractivity contribution in [3.05, 3.63) is 57.2 Å². The lowest BCUT2D eigenvalue weighted by molar-refractivity contribution is 0.606. The van der Waals surface area contributed by atoms with E-state index in [1.807, 2.05) is 42.6 Å². The fraction of sp³-hybridized carbons (Fsp3) is 0.167. The minimum absolute atomic E-state index is 0.467. The van der Waals surface area contributed by atoms with E-state index in [2.05, 4.69) is 5.38 Å². The minimum Gasteiger partial charge on any atom is -0.318 e. The van der Waals surface area contributed by atoms with Crippen molar-refractivity contribution >= 4 is 22.9 Å². The molecule has 2 aromatic rings. The van der Waals surface area contributed by atoms with Gasteiger partial charge in [0.2, 0.25) is 0 Å². The van der Waals surface area contributed by atoms with Crippen LogP contribution in [0.15, 0.2) is 41.1 Å². The Balaban J connectivity index is 2.46. The molecule has 3 heteroatoms. The van der Waals surface area contributed by atoms with Crippen LogP contribution in [0.2, 0.25) is 5.02 Å². The second-order valence-electron chi connectivity index (χ2n) is 3.72. The molecule has 0 aliphatic heterocycles. The van der Waals surface area contributed by atoms with Gasteiger partial charge in [-0.05, 0) is 47.0 Å². The second kappa shape index (κ2) is 3.97. The molecular weight excluding hydrogens is 226 g/mol. The first-order valence-corrected chi connectivity index (χ1v) is 6.00. The normalized spacial score (nSPS) is 14.9. The van der Waals surface area contributed by atoms with Crippen LogP contribution >= 0.6 is 22.9 Å². The number of halogens is 1. The molecule has 1 nitrogen and oxygen atoms in total. The predicted molar refractivity (Wildman–Crippen MR) is 66.4 cm³/mol. The zero-order valence-electron chi connectivity index (χ0n) is 8.41. The Labute approximate surface area is 98.5 Å². The first kappa shape index (κ1) is 10.7. The number of nitrogens with two attached hydrogens (primary N) is 1. The molecule has 0 spiro atoms. The van der Waals surface area contributed by atoms with Crippen LogP contribution in [0.1, 0.15) is 18.1 Å². The highest BCUT2D eigenvalue weighted by Crippen LogP contribution is 2.29. The topological polar surface area (TPSA) is 26.0 Å². The van der Waals surface area contributed by atoms with Gasteiger partial charge in [-0.25, -0.2) is 0 Å². The summed E-state index contributed by atoms with van der Waals surface area (Å²) in [7, 11) is 0. The molecule has 0 aliphatic rings. The van der Waals surface area contributed by atoms with Gasteiger partial charge in [-0.3, -0.25) is 0 Å². The molecule has 1 atom stereocenters. The molecule has 2 N–H and O–H groups in total. The Kier molecular flexibility index (Phi) is 2.83. The average Bonchev–Trinajstić information content (AvgIpc) is 2.71. The number of hydrogen-bond acceptors (Lipinski definition) is 2. The highest BCUT2D eigenvalue weighted by molar-refractivity contribution is 7.08. The fourth-order valence-electron chi connectivity index (χ4n) is 1.54. The van der Waals surface area contributed by atoms with Crippen molar-refractivity contribution in [3.8, 4) is 0 Å². The molecule has 78 valence electrons. The van der Waals surface area contributed by atoms with Gasteiger partial charge in [-0.2, -0.15) is 11.3 Å². The van der Waals surface area contributed by atoms with E-state index in [4.69, 9.17) is 17.3 Å². The highest BCUT2D eigenvalue weighted by atomic mass is 35.5. The summed E-state index contributed by atoms with van der Waals surface area (Å²) in [4.78, 5) is 0. The van der Waals surface area contributed by atoms with E-state index < -0.39 is 5.54 Å². The van der Waals surface area contributed by atoms with Crippen molar-refractivity contribution in [1.82, 2.24) is 0 Å². The monoisotopic (exact) mass is 237 g/mol. The van der Waals surface area contributed by atoms with E-state index >= 15 is 0 Å². The highest BCUT2D eigenvalue weighted by Gasteiger charge is 2.23. The molecule has 1 aromatic heterocycles. The maximum atomic E-state index is 6.32. The largest absolute Gasteiger partial charge is 0.318 e. The molecule has 1 aromatic carbocycles. The molecule has 1 unspecified atom stereocenters. The van der Waals surface area contributed by atoms with Gasteiger partial charge < -0.3 is 5.73 Å². The van der Waals surface area contributed by atoms with E-state index in [-0.39, 0.29) is 0 Å². The van der Waals surface area contributed by atoms with Crippen LogP contribution in [0.5, 0.6) is 0 Å². The zero-order valence-corrected chi connectivity index (χ0v) is 9.98. The summed E-state index contributed by atoms with van der Waals surface area (Å²) < 4.78 is 0. The van der Waals surface area contributed by atoms with E-state index in [1.54, 1.807) is 11.3 Å². The number of hydrogen-bond donors (Lipinski definition) is 1.